The van der Waals surface area contributed by atoms with Crippen molar-refractivity contribution >= 4 is 22.6 Å². The number of amides is 2. The molecule has 3 heterocycles. The number of nitrogens with zero attached hydrogens (tertiary/aromatic N) is 5. The first-order valence-corrected chi connectivity index (χ1v) is 9.90. The third-order valence-corrected chi connectivity index (χ3v) is 5.13. The second kappa shape index (κ2) is 8.18. The normalized spacial score (nSPS) is 18.0. The Labute approximate surface area is 165 Å². The molecule has 8 heteroatoms. The van der Waals surface area contributed by atoms with E-state index in [1.165, 1.54) is 6.33 Å². The van der Waals surface area contributed by atoms with Crippen molar-refractivity contribution in [2.24, 2.45) is 0 Å². The van der Waals surface area contributed by atoms with Crippen molar-refractivity contribution in [3.8, 4) is 5.88 Å². The van der Waals surface area contributed by atoms with Gasteiger partial charge in [-0.2, -0.15) is 0 Å². The summed E-state index contributed by atoms with van der Waals surface area (Å²) in [6.45, 7) is 9.64. The van der Waals surface area contributed by atoms with Gasteiger partial charge in [0, 0.05) is 45.0 Å². The lowest BCUT2D eigenvalue weighted by Gasteiger charge is -2.39. The van der Waals surface area contributed by atoms with Gasteiger partial charge in [0.25, 0.3) is 0 Å². The summed E-state index contributed by atoms with van der Waals surface area (Å²) in [4.78, 5) is 27.4. The van der Waals surface area contributed by atoms with Gasteiger partial charge in [0.1, 0.15) is 6.33 Å². The standard InChI is InChI=1S/C20H27N5O3/c1-15(2)28-19-17-13-16(3-4-18(17)21-14-22-19)23-5-7-24(8-6-23)20(26)25-9-11-27-12-10-25/h3-4,13-15H,5-12H2,1-2H3. The SMILES string of the molecule is CC(C)Oc1ncnc2ccc(N3CCN(C(=O)N4CCOCC4)CC3)cc12. The predicted octanol–water partition coefficient (Wildman–Crippen LogP) is 1.99. The van der Waals surface area contributed by atoms with Crippen LogP contribution in [0.5, 0.6) is 5.88 Å². The molecule has 4 rings (SSSR count). The van der Waals surface area contributed by atoms with Gasteiger partial charge < -0.3 is 24.2 Å². The van der Waals surface area contributed by atoms with Gasteiger partial charge >= 0.3 is 6.03 Å². The molecule has 2 aromatic rings. The zero-order valence-corrected chi connectivity index (χ0v) is 16.5. The fraction of sp³-hybridized carbons (Fsp3) is 0.550. The van der Waals surface area contributed by atoms with Gasteiger partial charge in [-0.15, -0.1) is 0 Å². The van der Waals surface area contributed by atoms with Crippen molar-refractivity contribution in [1.82, 2.24) is 19.8 Å². The fourth-order valence-corrected chi connectivity index (χ4v) is 3.65. The Hall–Kier alpha value is -2.61. The van der Waals surface area contributed by atoms with Crippen LogP contribution in [0.25, 0.3) is 10.9 Å². The summed E-state index contributed by atoms with van der Waals surface area (Å²) in [5, 5.41) is 0.917. The molecule has 0 unspecified atom stereocenters. The smallest absolute Gasteiger partial charge is 0.320 e. The summed E-state index contributed by atoms with van der Waals surface area (Å²) >= 11 is 0. The van der Waals surface area contributed by atoms with Crippen molar-refractivity contribution in [3.05, 3.63) is 24.5 Å². The van der Waals surface area contributed by atoms with Crippen molar-refractivity contribution in [1.29, 1.82) is 0 Å². The number of piperazine rings is 1. The van der Waals surface area contributed by atoms with Gasteiger partial charge in [0.05, 0.1) is 30.2 Å². The molecule has 0 bridgehead atoms. The van der Waals surface area contributed by atoms with Crippen LogP contribution in [0.4, 0.5) is 10.5 Å². The first-order chi connectivity index (χ1) is 13.6. The summed E-state index contributed by atoms with van der Waals surface area (Å²) in [7, 11) is 0. The molecule has 2 aliphatic heterocycles. The minimum absolute atomic E-state index is 0.0523. The van der Waals surface area contributed by atoms with Crippen LogP contribution < -0.4 is 9.64 Å². The molecule has 0 saturated carbocycles. The number of aromatic nitrogens is 2. The molecule has 2 amide bonds. The molecule has 0 radical (unpaired) electrons. The van der Waals surface area contributed by atoms with Crippen LogP contribution in [0.15, 0.2) is 24.5 Å². The van der Waals surface area contributed by atoms with E-state index in [0.29, 0.717) is 32.2 Å². The predicted molar refractivity (Wildman–Crippen MR) is 107 cm³/mol. The number of ether oxygens (including phenoxy) is 2. The Balaban J connectivity index is 1.45. The van der Waals surface area contributed by atoms with Crippen LogP contribution in [0, 0.1) is 0 Å². The van der Waals surface area contributed by atoms with Gasteiger partial charge in [-0.1, -0.05) is 0 Å². The minimum atomic E-state index is 0.0523. The van der Waals surface area contributed by atoms with E-state index in [1.54, 1.807) is 0 Å². The Kier molecular flexibility index (Phi) is 5.47. The summed E-state index contributed by atoms with van der Waals surface area (Å²) in [5.41, 5.74) is 1.98. The van der Waals surface area contributed by atoms with Crippen molar-refractivity contribution < 1.29 is 14.3 Å². The van der Waals surface area contributed by atoms with E-state index in [2.05, 4.69) is 27.0 Å². The van der Waals surface area contributed by atoms with Crippen molar-refractivity contribution in [3.63, 3.8) is 0 Å². The number of hydrogen-bond acceptors (Lipinski definition) is 6. The fourth-order valence-electron chi connectivity index (χ4n) is 3.65. The lowest BCUT2D eigenvalue weighted by atomic mass is 10.2. The molecule has 0 spiro atoms. The highest BCUT2D eigenvalue weighted by Crippen LogP contribution is 2.28. The second-order valence-electron chi connectivity index (χ2n) is 7.40. The minimum Gasteiger partial charge on any atom is -0.474 e. The average Bonchev–Trinajstić information content (AvgIpc) is 2.73. The monoisotopic (exact) mass is 385 g/mol. The number of fused-ring (bicyclic) bond motifs is 1. The van der Waals surface area contributed by atoms with Crippen LogP contribution >= 0.6 is 0 Å². The molecule has 0 N–H and O–H groups in total. The molecule has 2 saturated heterocycles. The highest BCUT2D eigenvalue weighted by Gasteiger charge is 2.26. The maximum Gasteiger partial charge on any atom is 0.320 e. The third-order valence-electron chi connectivity index (χ3n) is 5.13. The van der Waals surface area contributed by atoms with E-state index in [0.717, 1.165) is 42.8 Å². The van der Waals surface area contributed by atoms with E-state index in [9.17, 15) is 4.79 Å². The average molecular weight is 385 g/mol. The zero-order valence-electron chi connectivity index (χ0n) is 16.5. The molecule has 1 aromatic heterocycles. The van der Waals surface area contributed by atoms with E-state index >= 15 is 0 Å². The summed E-state index contributed by atoms with van der Waals surface area (Å²) in [6.07, 6.45) is 1.59. The van der Waals surface area contributed by atoms with Crippen LogP contribution in [0.3, 0.4) is 0 Å². The highest BCUT2D eigenvalue weighted by molar-refractivity contribution is 5.86. The molecule has 0 atom stereocenters. The molecule has 1 aromatic carbocycles. The number of hydrogen-bond donors (Lipinski definition) is 0. The lowest BCUT2D eigenvalue weighted by Crippen LogP contribution is -2.54. The Morgan fingerprint density at radius 2 is 1.75 bits per heavy atom. The number of anilines is 1. The number of benzene rings is 1. The first-order valence-electron chi connectivity index (χ1n) is 9.90. The summed E-state index contributed by atoms with van der Waals surface area (Å²) in [6, 6.07) is 6.30. The molecule has 150 valence electrons. The first kappa shape index (κ1) is 18.7. The molecule has 0 aliphatic carbocycles. The van der Waals surface area contributed by atoms with Crippen LogP contribution in [-0.2, 0) is 4.74 Å². The Morgan fingerprint density at radius 1 is 1.04 bits per heavy atom. The molecular formula is C20H27N5O3. The van der Waals surface area contributed by atoms with Gasteiger partial charge in [-0.3, -0.25) is 0 Å². The number of carbonyl (C=O) groups is 1. The van der Waals surface area contributed by atoms with Gasteiger partial charge in [0.15, 0.2) is 0 Å². The van der Waals surface area contributed by atoms with Gasteiger partial charge in [0.2, 0.25) is 5.88 Å². The van der Waals surface area contributed by atoms with E-state index in [4.69, 9.17) is 9.47 Å². The molecule has 28 heavy (non-hydrogen) atoms. The molecular weight excluding hydrogens is 358 g/mol. The zero-order chi connectivity index (χ0) is 19.5. The topological polar surface area (TPSA) is 71.0 Å². The Morgan fingerprint density at radius 3 is 2.46 bits per heavy atom. The Bertz CT molecular complexity index is 830. The maximum atomic E-state index is 12.7. The van der Waals surface area contributed by atoms with Crippen LogP contribution in [-0.4, -0.2) is 84.4 Å². The van der Waals surface area contributed by atoms with Crippen molar-refractivity contribution in [2.45, 2.75) is 20.0 Å². The molecule has 8 nitrogen and oxygen atoms in total. The van der Waals surface area contributed by atoms with E-state index < -0.39 is 0 Å². The maximum absolute atomic E-state index is 12.7. The third kappa shape index (κ3) is 3.96. The summed E-state index contributed by atoms with van der Waals surface area (Å²) < 4.78 is 11.2. The number of urea groups is 1. The van der Waals surface area contributed by atoms with E-state index in [-0.39, 0.29) is 12.1 Å². The van der Waals surface area contributed by atoms with E-state index in [1.807, 2.05) is 29.7 Å². The van der Waals surface area contributed by atoms with Gasteiger partial charge in [-0.25, -0.2) is 14.8 Å². The largest absolute Gasteiger partial charge is 0.474 e. The quantitative estimate of drug-likeness (QED) is 0.805. The highest BCUT2D eigenvalue weighted by atomic mass is 16.5. The molecule has 2 fully saturated rings. The molecule has 2 aliphatic rings. The lowest BCUT2D eigenvalue weighted by molar-refractivity contribution is 0.0428. The number of carbonyl (C=O) groups excluding carboxylic acids is 1. The van der Waals surface area contributed by atoms with Gasteiger partial charge in [-0.05, 0) is 32.0 Å². The number of morpholine rings is 1. The van der Waals surface area contributed by atoms with Crippen LogP contribution in [0.1, 0.15) is 13.8 Å². The summed E-state index contributed by atoms with van der Waals surface area (Å²) in [5.74, 6) is 0.614. The van der Waals surface area contributed by atoms with Crippen LogP contribution in [0.2, 0.25) is 0 Å². The van der Waals surface area contributed by atoms with Crippen molar-refractivity contribution in [2.75, 3.05) is 57.4 Å². The number of rotatable bonds is 3. The second-order valence-corrected chi connectivity index (χ2v) is 7.40.